The fraction of sp³-hybridized carbons (Fsp3) is 0.0909. The molecule has 0 amide bonds. The standard InChI is InChI=1S/C11H11ClN2S/c12-9-4-1-3-8(7-9)11(14-13)10-5-2-6-15-10/h1-7,11,14H,13H2. The van der Waals surface area contributed by atoms with Gasteiger partial charge in [0.05, 0.1) is 6.04 Å². The molecule has 1 aromatic heterocycles. The quantitative estimate of drug-likeness (QED) is 0.637. The Hall–Kier alpha value is -0.870. The summed E-state index contributed by atoms with van der Waals surface area (Å²) in [7, 11) is 0. The lowest BCUT2D eigenvalue weighted by Gasteiger charge is -2.14. The highest BCUT2D eigenvalue weighted by molar-refractivity contribution is 7.10. The van der Waals surface area contributed by atoms with Gasteiger partial charge in [0, 0.05) is 9.90 Å². The van der Waals surface area contributed by atoms with Gasteiger partial charge in [-0.25, -0.2) is 5.43 Å². The van der Waals surface area contributed by atoms with Crippen molar-refractivity contribution in [2.45, 2.75) is 6.04 Å². The van der Waals surface area contributed by atoms with Crippen LogP contribution in [0.2, 0.25) is 5.02 Å². The Balaban J connectivity index is 2.35. The average molecular weight is 239 g/mol. The molecule has 1 aromatic carbocycles. The Morgan fingerprint density at radius 1 is 1.27 bits per heavy atom. The topological polar surface area (TPSA) is 38.0 Å². The average Bonchev–Trinajstić information content (AvgIpc) is 2.72. The van der Waals surface area contributed by atoms with E-state index in [1.165, 1.54) is 4.88 Å². The molecule has 15 heavy (non-hydrogen) atoms. The molecule has 0 saturated carbocycles. The molecule has 4 heteroatoms. The highest BCUT2D eigenvalue weighted by atomic mass is 35.5. The van der Waals surface area contributed by atoms with Gasteiger partial charge in [-0.05, 0) is 29.1 Å². The molecule has 0 spiro atoms. The number of hydrazine groups is 1. The van der Waals surface area contributed by atoms with Crippen LogP contribution in [-0.2, 0) is 0 Å². The molecule has 1 atom stereocenters. The highest BCUT2D eigenvalue weighted by Crippen LogP contribution is 2.26. The van der Waals surface area contributed by atoms with E-state index in [1.807, 2.05) is 35.7 Å². The van der Waals surface area contributed by atoms with Crippen molar-refractivity contribution in [1.82, 2.24) is 5.43 Å². The lowest BCUT2D eigenvalue weighted by molar-refractivity contribution is 0.646. The van der Waals surface area contributed by atoms with Crippen molar-refractivity contribution < 1.29 is 0 Å². The van der Waals surface area contributed by atoms with Crippen LogP contribution in [0.15, 0.2) is 41.8 Å². The van der Waals surface area contributed by atoms with E-state index in [0.29, 0.717) is 0 Å². The SMILES string of the molecule is NNC(c1cccc(Cl)c1)c1cccs1. The van der Waals surface area contributed by atoms with E-state index >= 15 is 0 Å². The molecule has 78 valence electrons. The van der Waals surface area contributed by atoms with Crippen LogP contribution in [0.3, 0.4) is 0 Å². The maximum Gasteiger partial charge on any atom is 0.0803 e. The minimum atomic E-state index is 0.0173. The Kier molecular flexibility index (Phi) is 3.38. The van der Waals surface area contributed by atoms with Gasteiger partial charge in [0.2, 0.25) is 0 Å². The Morgan fingerprint density at radius 3 is 2.73 bits per heavy atom. The van der Waals surface area contributed by atoms with Gasteiger partial charge in [-0.1, -0.05) is 29.8 Å². The predicted molar refractivity (Wildman–Crippen MR) is 64.9 cm³/mol. The lowest BCUT2D eigenvalue weighted by atomic mass is 10.1. The van der Waals surface area contributed by atoms with Crippen molar-refractivity contribution in [3.05, 3.63) is 57.2 Å². The highest BCUT2D eigenvalue weighted by Gasteiger charge is 2.12. The van der Waals surface area contributed by atoms with Crippen LogP contribution >= 0.6 is 22.9 Å². The number of benzene rings is 1. The molecular formula is C11H11ClN2S. The molecule has 0 aliphatic rings. The van der Waals surface area contributed by atoms with Crippen molar-refractivity contribution in [2.75, 3.05) is 0 Å². The number of thiophene rings is 1. The second-order valence-corrected chi connectivity index (χ2v) is 4.59. The van der Waals surface area contributed by atoms with E-state index in [2.05, 4.69) is 11.5 Å². The normalized spacial score (nSPS) is 12.7. The van der Waals surface area contributed by atoms with Crippen molar-refractivity contribution in [1.29, 1.82) is 0 Å². The Bertz CT molecular complexity index is 428. The first-order chi connectivity index (χ1) is 7.31. The van der Waals surface area contributed by atoms with Gasteiger partial charge < -0.3 is 0 Å². The van der Waals surface area contributed by atoms with Gasteiger partial charge in [-0.3, -0.25) is 5.84 Å². The van der Waals surface area contributed by atoms with E-state index in [9.17, 15) is 0 Å². The van der Waals surface area contributed by atoms with Crippen molar-refractivity contribution >= 4 is 22.9 Å². The molecule has 0 aliphatic carbocycles. The second-order valence-electron chi connectivity index (χ2n) is 3.17. The molecular weight excluding hydrogens is 228 g/mol. The largest absolute Gasteiger partial charge is 0.271 e. The van der Waals surface area contributed by atoms with E-state index in [0.717, 1.165) is 10.6 Å². The van der Waals surface area contributed by atoms with Gasteiger partial charge in [0.1, 0.15) is 0 Å². The summed E-state index contributed by atoms with van der Waals surface area (Å²) in [6.45, 7) is 0. The van der Waals surface area contributed by atoms with Crippen LogP contribution in [0, 0.1) is 0 Å². The fourth-order valence-electron chi connectivity index (χ4n) is 1.48. The third-order valence-electron chi connectivity index (χ3n) is 2.18. The maximum atomic E-state index is 5.94. The van der Waals surface area contributed by atoms with E-state index in [1.54, 1.807) is 11.3 Å². The molecule has 1 unspecified atom stereocenters. The summed E-state index contributed by atoms with van der Waals surface area (Å²) in [6, 6.07) is 11.8. The lowest BCUT2D eigenvalue weighted by Crippen LogP contribution is -2.28. The summed E-state index contributed by atoms with van der Waals surface area (Å²) in [5.41, 5.74) is 3.88. The Morgan fingerprint density at radius 2 is 2.13 bits per heavy atom. The van der Waals surface area contributed by atoms with Gasteiger partial charge >= 0.3 is 0 Å². The fourth-order valence-corrected chi connectivity index (χ4v) is 2.49. The van der Waals surface area contributed by atoms with Crippen molar-refractivity contribution in [3.8, 4) is 0 Å². The van der Waals surface area contributed by atoms with Crippen LogP contribution in [0.5, 0.6) is 0 Å². The second kappa shape index (κ2) is 4.77. The third kappa shape index (κ3) is 2.38. The van der Waals surface area contributed by atoms with E-state index < -0.39 is 0 Å². The van der Waals surface area contributed by atoms with Crippen LogP contribution < -0.4 is 11.3 Å². The summed E-state index contributed by atoms with van der Waals surface area (Å²) in [6.07, 6.45) is 0. The zero-order valence-electron chi connectivity index (χ0n) is 7.98. The molecule has 3 N–H and O–H groups in total. The van der Waals surface area contributed by atoms with E-state index in [-0.39, 0.29) is 6.04 Å². The molecule has 1 heterocycles. The number of halogens is 1. The molecule has 2 rings (SSSR count). The van der Waals surface area contributed by atoms with Gasteiger partial charge in [0.15, 0.2) is 0 Å². The molecule has 0 bridgehead atoms. The number of nitrogens with one attached hydrogen (secondary N) is 1. The molecule has 2 nitrogen and oxygen atoms in total. The predicted octanol–water partition coefficient (Wildman–Crippen LogP) is 2.95. The monoisotopic (exact) mass is 238 g/mol. The van der Waals surface area contributed by atoms with Gasteiger partial charge in [-0.2, -0.15) is 0 Å². The maximum absolute atomic E-state index is 5.94. The molecule has 0 fully saturated rings. The van der Waals surface area contributed by atoms with Crippen LogP contribution in [0.25, 0.3) is 0 Å². The van der Waals surface area contributed by atoms with Crippen LogP contribution in [0.4, 0.5) is 0 Å². The molecule has 0 aliphatic heterocycles. The number of hydrogen-bond donors (Lipinski definition) is 2. The van der Waals surface area contributed by atoms with E-state index in [4.69, 9.17) is 17.4 Å². The smallest absolute Gasteiger partial charge is 0.0803 e. The minimum absolute atomic E-state index is 0.0173. The minimum Gasteiger partial charge on any atom is -0.271 e. The Labute approximate surface area is 97.7 Å². The zero-order valence-corrected chi connectivity index (χ0v) is 9.55. The summed E-state index contributed by atoms with van der Waals surface area (Å²) >= 11 is 7.61. The summed E-state index contributed by atoms with van der Waals surface area (Å²) in [5.74, 6) is 5.56. The number of hydrogen-bond acceptors (Lipinski definition) is 3. The van der Waals surface area contributed by atoms with Crippen molar-refractivity contribution in [2.24, 2.45) is 5.84 Å². The first kappa shape index (κ1) is 10.6. The van der Waals surface area contributed by atoms with Gasteiger partial charge in [0.25, 0.3) is 0 Å². The first-order valence-corrected chi connectivity index (χ1v) is 5.82. The molecule has 2 aromatic rings. The zero-order chi connectivity index (χ0) is 10.7. The third-order valence-corrected chi connectivity index (χ3v) is 3.35. The summed E-state index contributed by atoms with van der Waals surface area (Å²) < 4.78 is 0. The van der Waals surface area contributed by atoms with Crippen molar-refractivity contribution in [3.63, 3.8) is 0 Å². The number of rotatable bonds is 3. The van der Waals surface area contributed by atoms with Gasteiger partial charge in [-0.15, -0.1) is 11.3 Å². The first-order valence-electron chi connectivity index (χ1n) is 4.56. The number of nitrogens with two attached hydrogens (primary N) is 1. The van der Waals surface area contributed by atoms with Crippen LogP contribution in [-0.4, -0.2) is 0 Å². The molecule has 0 radical (unpaired) electrons. The molecule has 0 saturated heterocycles. The van der Waals surface area contributed by atoms with Crippen LogP contribution in [0.1, 0.15) is 16.5 Å². The summed E-state index contributed by atoms with van der Waals surface area (Å²) in [5, 5.41) is 2.76. The summed E-state index contributed by atoms with van der Waals surface area (Å²) in [4.78, 5) is 1.18.